The first-order chi connectivity index (χ1) is 17.3. The van der Waals surface area contributed by atoms with E-state index >= 15 is 0 Å². The lowest BCUT2D eigenvalue weighted by Crippen LogP contribution is -2.61. The first-order valence-corrected chi connectivity index (χ1v) is 12.8. The van der Waals surface area contributed by atoms with Gasteiger partial charge in [-0.1, -0.05) is 12.5 Å². The Labute approximate surface area is 209 Å². The Bertz CT molecular complexity index is 1360. The molecule has 1 aliphatic carbocycles. The summed E-state index contributed by atoms with van der Waals surface area (Å²) in [6.07, 6.45) is 11.1. The number of hydrogen-bond donors (Lipinski definition) is 2. The molecule has 1 aromatic carbocycles. The third-order valence-electron chi connectivity index (χ3n) is 7.95. The molecule has 2 aliphatic heterocycles. The highest BCUT2D eigenvalue weighted by Crippen LogP contribution is 2.41. The Kier molecular flexibility index (Phi) is 5.55. The third-order valence-corrected chi connectivity index (χ3v) is 7.95. The summed E-state index contributed by atoms with van der Waals surface area (Å²) in [6.45, 7) is 2.34. The van der Waals surface area contributed by atoms with Crippen molar-refractivity contribution in [2.75, 3.05) is 4.90 Å². The van der Waals surface area contributed by atoms with Crippen molar-refractivity contribution < 1.29 is 9.50 Å². The van der Waals surface area contributed by atoms with Crippen LogP contribution in [-0.4, -0.2) is 48.5 Å². The molecule has 0 radical (unpaired) electrons. The standard InChI is InChI=1S/C27H31FN6O2/c1-27-9-3-4-17(30-27)11-19(13-27)34(18-6-7-18)24-14-29-26(32-31-24)20-8-5-16(10-23(20)35)21-12-25(36)33(2)15-22(21)28/h5,8,10,12,14-15,17-19,30,35H,3-4,6-7,9,11,13H2,1-2H3/t17-,19-,27+/m1/s1. The maximum absolute atomic E-state index is 14.4. The summed E-state index contributed by atoms with van der Waals surface area (Å²) in [7, 11) is 1.49. The average molecular weight is 491 g/mol. The Hall–Kier alpha value is -3.33. The number of fused-ring (bicyclic) bond motifs is 2. The van der Waals surface area contributed by atoms with Crippen LogP contribution in [-0.2, 0) is 7.05 Å². The van der Waals surface area contributed by atoms with Gasteiger partial charge in [0.1, 0.15) is 11.6 Å². The Balaban J connectivity index is 1.26. The normalized spacial score (nSPS) is 25.5. The topological polar surface area (TPSA) is 96.2 Å². The van der Waals surface area contributed by atoms with E-state index in [1.165, 1.54) is 43.0 Å². The lowest BCUT2D eigenvalue weighted by molar-refractivity contribution is 0.138. The molecular weight excluding hydrogens is 459 g/mol. The van der Waals surface area contributed by atoms with Crippen molar-refractivity contribution >= 4 is 5.82 Å². The lowest BCUT2D eigenvalue weighted by Gasteiger charge is -2.50. The summed E-state index contributed by atoms with van der Waals surface area (Å²) >= 11 is 0. The zero-order valence-electron chi connectivity index (χ0n) is 20.6. The summed E-state index contributed by atoms with van der Waals surface area (Å²) in [6, 6.07) is 7.38. The molecule has 2 saturated heterocycles. The molecule has 3 aliphatic rings. The van der Waals surface area contributed by atoms with E-state index < -0.39 is 5.82 Å². The molecule has 2 aromatic heterocycles. The fraction of sp³-hybridized carbons (Fsp3) is 0.481. The van der Waals surface area contributed by atoms with Gasteiger partial charge in [0.2, 0.25) is 0 Å². The predicted octanol–water partition coefficient (Wildman–Crippen LogP) is 3.78. The summed E-state index contributed by atoms with van der Waals surface area (Å²) in [4.78, 5) is 19.0. The lowest BCUT2D eigenvalue weighted by atomic mass is 9.75. The van der Waals surface area contributed by atoms with Crippen molar-refractivity contribution in [2.45, 2.75) is 75.5 Å². The van der Waals surface area contributed by atoms with E-state index in [4.69, 9.17) is 0 Å². The van der Waals surface area contributed by atoms with Crippen molar-refractivity contribution in [3.8, 4) is 28.3 Å². The van der Waals surface area contributed by atoms with Gasteiger partial charge in [-0.2, -0.15) is 0 Å². The predicted molar refractivity (Wildman–Crippen MR) is 135 cm³/mol. The van der Waals surface area contributed by atoms with Crippen LogP contribution in [0.5, 0.6) is 5.75 Å². The van der Waals surface area contributed by atoms with Gasteiger partial charge in [0.05, 0.1) is 11.8 Å². The van der Waals surface area contributed by atoms with Gasteiger partial charge < -0.3 is 19.9 Å². The van der Waals surface area contributed by atoms with Crippen LogP contribution in [0.1, 0.15) is 51.9 Å². The van der Waals surface area contributed by atoms with Gasteiger partial charge in [-0.25, -0.2) is 9.37 Å². The number of aromatic nitrogens is 4. The molecule has 1 saturated carbocycles. The highest BCUT2D eigenvalue weighted by atomic mass is 19.1. The minimum atomic E-state index is -0.539. The van der Waals surface area contributed by atoms with E-state index in [1.807, 2.05) is 0 Å². The number of nitrogens with zero attached hydrogens (tertiary/aromatic N) is 5. The number of nitrogens with one attached hydrogen (secondary N) is 1. The van der Waals surface area contributed by atoms with Crippen LogP contribution >= 0.6 is 0 Å². The minimum Gasteiger partial charge on any atom is -0.507 e. The van der Waals surface area contributed by atoms with Crippen molar-refractivity contribution in [3.63, 3.8) is 0 Å². The third kappa shape index (κ3) is 4.25. The van der Waals surface area contributed by atoms with Crippen LogP contribution in [0.3, 0.4) is 0 Å². The number of rotatable bonds is 5. The number of anilines is 1. The molecule has 6 rings (SSSR count). The number of aryl methyl sites for hydroxylation is 1. The fourth-order valence-corrected chi connectivity index (χ4v) is 6.10. The minimum absolute atomic E-state index is 0.0970. The summed E-state index contributed by atoms with van der Waals surface area (Å²) in [5, 5.41) is 23.4. The van der Waals surface area contributed by atoms with Gasteiger partial charge in [0, 0.05) is 48.5 Å². The monoisotopic (exact) mass is 490 g/mol. The molecule has 2 bridgehead atoms. The number of phenolic OH excluding ortho intramolecular Hbond substituents is 1. The molecule has 0 spiro atoms. The second kappa shape index (κ2) is 8.65. The SMILES string of the molecule is Cn1cc(F)c(-c2ccc(-c3ncc(N(C4CC4)[C@@H]4C[C@H]5CCC[C@@](C)(C4)N5)nn3)c(O)c2)cc1=O. The van der Waals surface area contributed by atoms with Crippen LogP contribution in [0, 0.1) is 5.82 Å². The Morgan fingerprint density at radius 3 is 2.69 bits per heavy atom. The number of pyridine rings is 1. The molecule has 8 nitrogen and oxygen atoms in total. The van der Waals surface area contributed by atoms with Crippen LogP contribution in [0.25, 0.3) is 22.5 Å². The number of aromatic hydroxyl groups is 1. The molecule has 3 aromatic rings. The highest BCUT2D eigenvalue weighted by Gasteiger charge is 2.45. The molecule has 2 N–H and O–H groups in total. The van der Waals surface area contributed by atoms with Gasteiger partial charge in [-0.15, -0.1) is 10.2 Å². The van der Waals surface area contributed by atoms with Crippen molar-refractivity contribution in [2.24, 2.45) is 7.05 Å². The number of benzene rings is 1. The van der Waals surface area contributed by atoms with Gasteiger partial charge in [0.15, 0.2) is 11.6 Å². The summed E-state index contributed by atoms with van der Waals surface area (Å²) < 4.78 is 15.6. The van der Waals surface area contributed by atoms with Crippen LogP contribution in [0.15, 0.2) is 41.5 Å². The van der Waals surface area contributed by atoms with Gasteiger partial charge in [-0.05, 0) is 63.1 Å². The summed E-state index contributed by atoms with van der Waals surface area (Å²) in [5.41, 5.74) is 0.791. The molecule has 4 heterocycles. The highest BCUT2D eigenvalue weighted by molar-refractivity contribution is 5.73. The van der Waals surface area contributed by atoms with Gasteiger partial charge in [0.25, 0.3) is 5.56 Å². The molecule has 0 amide bonds. The first kappa shape index (κ1) is 23.1. The number of piperidine rings is 2. The van der Waals surface area contributed by atoms with Crippen LogP contribution in [0.2, 0.25) is 0 Å². The Morgan fingerprint density at radius 2 is 2.00 bits per heavy atom. The van der Waals surface area contributed by atoms with E-state index in [1.54, 1.807) is 18.3 Å². The molecule has 188 valence electrons. The van der Waals surface area contributed by atoms with Gasteiger partial charge in [-0.3, -0.25) is 4.79 Å². The molecule has 36 heavy (non-hydrogen) atoms. The smallest absolute Gasteiger partial charge is 0.251 e. The van der Waals surface area contributed by atoms with Crippen LogP contribution < -0.4 is 15.8 Å². The maximum atomic E-state index is 14.4. The van der Waals surface area contributed by atoms with Crippen LogP contribution in [0.4, 0.5) is 10.2 Å². The quantitative estimate of drug-likeness (QED) is 0.562. The fourth-order valence-electron chi connectivity index (χ4n) is 6.10. The van der Waals surface area contributed by atoms with Crippen molar-refractivity contribution in [3.05, 3.63) is 52.8 Å². The zero-order chi connectivity index (χ0) is 25.0. The average Bonchev–Trinajstić information content (AvgIpc) is 3.66. The summed E-state index contributed by atoms with van der Waals surface area (Å²) in [5.74, 6) is 0.452. The maximum Gasteiger partial charge on any atom is 0.251 e. The number of phenols is 1. The van der Waals surface area contributed by atoms with E-state index in [9.17, 15) is 14.3 Å². The zero-order valence-corrected chi connectivity index (χ0v) is 20.6. The molecule has 3 fully saturated rings. The van der Waals surface area contributed by atoms with E-state index in [2.05, 4.69) is 32.3 Å². The Morgan fingerprint density at radius 1 is 1.17 bits per heavy atom. The molecule has 0 unspecified atom stereocenters. The molecular formula is C27H31FN6O2. The van der Waals surface area contributed by atoms with E-state index in [-0.39, 0.29) is 22.4 Å². The van der Waals surface area contributed by atoms with E-state index in [0.717, 1.165) is 37.7 Å². The first-order valence-electron chi connectivity index (χ1n) is 12.8. The van der Waals surface area contributed by atoms with Crippen molar-refractivity contribution in [1.29, 1.82) is 0 Å². The second-order valence-corrected chi connectivity index (χ2v) is 10.9. The number of hydrogen-bond acceptors (Lipinski definition) is 7. The second-order valence-electron chi connectivity index (χ2n) is 10.9. The number of halogens is 1. The largest absolute Gasteiger partial charge is 0.507 e. The van der Waals surface area contributed by atoms with Gasteiger partial charge >= 0.3 is 0 Å². The van der Waals surface area contributed by atoms with Crippen molar-refractivity contribution in [1.82, 2.24) is 25.1 Å². The van der Waals surface area contributed by atoms with E-state index in [0.29, 0.717) is 35.1 Å². The molecule has 9 heteroatoms. The molecule has 3 atom stereocenters.